The van der Waals surface area contributed by atoms with Crippen molar-refractivity contribution < 1.29 is 19.1 Å². The number of amides is 2. The number of hydrogen-bond acceptors (Lipinski definition) is 5. The third kappa shape index (κ3) is 6.61. The number of benzene rings is 1. The van der Waals surface area contributed by atoms with Crippen LogP contribution in [0.5, 0.6) is 0 Å². The van der Waals surface area contributed by atoms with Crippen molar-refractivity contribution in [3.63, 3.8) is 0 Å². The zero-order valence-corrected chi connectivity index (χ0v) is 13.1. The molecule has 7 heteroatoms. The summed E-state index contributed by atoms with van der Waals surface area (Å²) in [6.45, 7) is 3.46. The number of esters is 1. The SMILES string of the molecule is CC[C@H](C)NC(=O)COC(=O)c1ccc(NC(=O)CC#N)cc1. The molecule has 0 aliphatic rings. The molecular weight excluding hydrogens is 298 g/mol. The topological polar surface area (TPSA) is 108 Å². The molecule has 0 aliphatic carbocycles. The van der Waals surface area contributed by atoms with E-state index < -0.39 is 11.9 Å². The highest BCUT2D eigenvalue weighted by molar-refractivity contribution is 5.94. The van der Waals surface area contributed by atoms with Gasteiger partial charge in [-0.05, 0) is 37.6 Å². The standard InChI is InChI=1S/C16H19N3O4/c1-3-11(2)18-15(21)10-23-16(22)12-4-6-13(7-5-12)19-14(20)8-9-17/h4-7,11H,3,8,10H2,1-2H3,(H,18,21)(H,19,20)/t11-/m0/s1. The molecule has 0 aliphatic heterocycles. The van der Waals surface area contributed by atoms with Crippen LogP contribution in [0.15, 0.2) is 24.3 Å². The van der Waals surface area contributed by atoms with E-state index in [1.807, 2.05) is 13.8 Å². The Hall–Kier alpha value is -2.88. The molecule has 1 rings (SSSR count). The summed E-state index contributed by atoms with van der Waals surface area (Å²) in [4.78, 5) is 34.6. The molecular formula is C16H19N3O4. The highest BCUT2D eigenvalue weighted by Crippen LogP contribution is 2.11. The van der Waals surface area contributed by atoms with Gasteiger partial charge < -0.3 is 15.4 Å². The molecule has 0 saturated heterocycles. The van der Waals surface area contributed by atoms with Crippen LogP contribution in [-0.2, 0) is 14.3 Å². The summed E-state index contributed by atoms with van der Waals surface area (Å²) in [6, 6.07) is 7.74. The van der Waals surface area contributed by atoms with Crippen molar-refractivity contribution in [1.82, 2.24) is 5.32 Å². The van der Waals surface area contributed by atoms with Crippen LogP contribution in [0.1, 0.15) is 37.0 Å². The molecule has 0 heterocycles. The van der Waals surface area contributed by atoms with Gasteiger partial charge in [0.25, 0.3) is 5.91 Å². The summed E-state index contributed by atoms with van der Waals surface area (Å²) in [6.07, 6.45) is 0.549. The molecule has 0 saturated carbocycles. The highest BCUT2D eigenvalue weighted by Gasteiger charge is 2.11. The average Bonchev–Trinajstić information content (AvgIpc) is 2.53. The summed E-state index contributed by atoms with van der Waals surface area (Å²) in [7, 11) is 0. The second kappa shape index (κ2) is 9.20. The number of carbonyl (C=O) groups is 3. The van der Waals surface area contributed by atoms with Crippen molar-refractivity contribution in [2.75, 3.05) is 11.9 Å². The molecule has 0 radical (unpaired) electrons. The van der Waals surface area contributed by atoms with Crippen LogP contribution < -0.4 is 10.6 Å². The molecule has 7 nitrogen and oxygen atoms in total. The maximum absolute atomic E-state index is 11.8. The largest absolute Gasteiger partial charge is 0.452 e. The summed E-state index contributed by atoms with van der Waals surface area (Å²) >= 11 is 0. The third-order valence-corrected chi connectivity index (χ3v) is 3.00. The smallest absolute Gasteiger partial charge is 0.338 e. The van der Waals surface area contributed by atoms with Gasteiger partial charge in [0.1, 0.15) is 6.42 Å². The monoisotopic (exact) mass is 317 g/mol. The molecule has 122 valence electrons. The van der Waals surface area contributed by atoms with E-state index in [0.29, 0.717) is 5.69 Å². The van der Waals surface area contributed by atoms with Crippen molar-refractivity contribution in [1.29, 1.82) is 5.26 Å². The zero-order valence-electron chi connectivity index (χ0n) is 13.1. The summed E-state index contributed by atoms with van der Waals surface area (Å²) < 4.78 is 4.91. The molecule has 1 aromatic carbocycles. The maximum atomic E-state index is 11.8. The number of nitriles is 1. The van der Waals surface area contributed by atoms with Crippen LogP contribution in [-0.4, -0.2) is 30.4 Å². The number of nitrogens with zero attached hydrogens (tertiary/aromatic N) is 1. The number of nitrogens with one attached hydrogen (secondary N) is 2. The molecule has 23 heavy (non-hydrogen) atoms. The van der Waals surface area contributed by atoms with Crippen molar-refractivity contribution in [3.05, 3.63) is 29.8 Å². The number of rotatable bonds is 7. The van der Waals surface area contributed by atoms with Crippen molar-refractivity contribution in [2.45, 2.75) is 32.7 Å². The van der Waals surface area contributed by atoms with Crippen LogP contribution in [0.4, 0.5) is 5.69 Å². The van der Waals surface area contributed by atoms with E-state index in [9.17, 15) is 14.4 Å². The fourth-order valence-electron chi connectivity index (χ4n) is 1.60. The predicted octanol–water partition coefficient (Wildman–Crippen LogP) is 1.61. The van der Waals surface area contributed by atoms with Gasteiger partial charge in [0.15, 0.2) is 6.61 Å². The van der Waals surface area contributed by atoms with Crippen LogP contribution in [0.3, 0.4) is 0 Å². The minimum atomic E-state index is -0.626. The Morgan fingerprint density at radius 3 is 2.43 bits per heavy atom. The molecule has 0 spiro atoms. The number of hydrogen-bond donors (Lipinski definition) is 2. The second-order valence-electron chi connectivity index (χ2n) is 4.91. The first-order chi connectivity index (χ1) is 11.0. The Labute approximate surface area is 134 Å². The van der Waals surface area contributed by atoms with Gasteiger partial charge in [-0.1, -0.05) is 6.92 Å². The molecule has 0 unspecified atom stereocenters. The van der Waals surface area contributed by atoms with Gasteiger partial charge in [0.05, 0.1) is 11.6 Å². The van der Waals surface area contributed by atoms with Crippen molar-refractivity contribution >= 4 is 23.5 Å². The number of ether oxygens (including phenoxy) is 1. The van der Waals surface area contributed by atoms with Gasteiger partial charge >= 0.3 is 5.97 Å². The van der Waals surface area contributed by atoms with Crippen LogP contribution in [0, 0.1) is 11.3 Å². The molecule has 0 fully saturated rings. The lowest BCUT2D eigenvalue weighted by Crippen LogP contribution is -2.35. The van der Waals surface area contributed by atoms with Gasteiger partial charge in [0.2, 0.25) is 5.91 Å². The van der Waals surface area contributed by atoms with Gasteiger partial charge in [-0.15, -0.1) is 0 Å². The lowest BCUT2D eigenvalue weighted by molar-refractivity contribution is -0.124. The molecule has 1 aromatic rings. The van der Waals surface area contributed by atoms with E-state index in [1.54, 1.807) is 6.07 Å². The summed E-state index contributed by atoms with van der Waals surface area (Å²) in [5, 5.41) is 13.6. The highest BCUT2D eigenvalue weighted by atomic mass is 16.5. The van der Waals surface area contributed by atoms with Gasteiger partial charge in [-0.25, -0.2) is 4.79 Å². The molecule has 0 aromatic heterocycles. The van der Waals surface area contributed by atoms with E-state index in [0.717, 1.165) is 6.42 Å². The second-order valence-corrected chi connectivity index (χ2v) is 4.91. The quantitative estimate of drug-likeness (QED) is 0.743. The first-order valence-corrected chi connectivity index (χ1v) is 7.19. The average molecular weight is 317 g/mol. The zero-order chi connectivity index (χ0) is 17.2. The normalized spacial score (nSPS) is 11.0. The van der Waals surface area contributed by atoms with E-state index in [-0.39, 0.29) is 30.5 Å². The Kier molecular flexibility index (Phi) is 7.27. The van der Waals surface area contributed by atoms with Gasteiger partial charge in [0, 0.05) is 11.7 Å². The lowest BCUT2D eigenvalue weighted by atomic mass is 10.2. The van der Waals surface area contributed by atoms with Gasteiger partial charge in [-0.2, -0.15) is 5.26 Å². The molecule has 0 bridgehead atoms. The molecule has 2 amide bonds. The van der Waals surface area contributed by atoms with Crippen LogP contribution >= 0.6 is 0 Å². The van der Waals surface area contributed by atoms with E-state index in [2.05, 4.69) is 10.6 Å². The lowest BCUT2D eigenvalue weighted by Gasteiger charge is -2.11. The summed E-state index contributed by atoms with van der Waals surface area (Å²) in [5.74, 6) is -1.41. The van der Waals surface area contributed by atoms with Crippen LogP contribution in [0.2, 0.25) is 0 Å². The predicted molar refractivity (Wildman–Crippen MR) is 83.5 cm³/mol. The summed E-state index contributed by atoms with van der Waals surface area (Å²) in [5.41, 5.74) is 0.732. The number of anilines is 1. The number of carbonyl (C=O) groups excluding carboxylic acids is 3. The van der Waals surface area contributed by atoms with Crippen LogP contribution in [0.25, 0.3) is 0 Å². The maximum Gasteiger partial charge on any atom is 0.338 e. The first-order valence-electron chi connectivity index (χ1n) is 7.19. The minimum Gasteiger partial charge on any atom is -0.452 e. The molecule has 1 atom stereocenters. The Balaban J connectivity index is 2.50. The van der Waals surface area contributed by atoms with E-state index in [1.165, 1.54) is 24.3 Å². The minimum absolute atomic E-state index is 0.0255. The van der Waals surface area contributed by atoms with Crippen molar-refractivity contribution in [2.24, 2.45) is 0 Å². The Morgan fingerprint density at radius 2 is 1.87 bits per heavy atom. The fraction of sp³-hybridized carbons (Fsp3) is 0.375. The van der Waals surface area contributed by atoms with E-state index in [4.69, 9.17) is 10.00 Å². The third-order valence-electron chi connectivity index (χ3n) is 3.00. The fourth-order valence-corrected chi connectivity index (χ4v) is 1.60. The Bertz CT molecular complexity index is 605. The Morgan fingerprint density at radius 1 is 1.22 bits per heavy atom. The van der Waals surface area contributed by atoms with E-state index >= 15 is 0 Å². The molecule has 2 N–H and O–H groups in total. The van der Waals surface area contributed by atoms with Gasteiger partial charge in [-0.3, -0.25) is 9.59 Å². The van der Waals surface area contributed by atoms with Crippen molar-refractivity contribution in [3.8, 4) is 6.07 Å². The first kappa shape index (κ1) is 18.2.